The number of halogens is 2. The van der Waals surface area contributed by atoms with E-state index in [0.717, 1.165) is 0 Å². The Morgan fingerprint density at radius 1 is 1.19 bits per heavy atom. The molecule has 1 N–H and O–H groups in total. The molecule has 1 saturated carbocycles. The Hall–Kier alpha value is 0.620. The fourth-order valence-electron chi connectivity index (χ4n) is 3.50. The molecular formula is C17H27Br2NS. The number of aryl methyl sites for hydroxylation is 1. The molecule has 0 atom stereocenters. The highest BCUT2D eigenvalue weighted by molar-refractivity contribution is 9.12. The summed E-state index contributed by atoms with van der Waals surface area (Å²) in [7, 11) is 0. The van der Waals surface area contributed by atoms with Gasteiger partial charge in [0.1, 0.15) is 0 Å². The summed E-state index contributed by atoms with van der Waals surface area (Å²) in [5, 5.41) is 3.62. The molecule has 2 rings (SSSR count). The topological polar surface area (TPSA) is 12.0 Å². The SMILES string of the molecule is CC(C)NCCC1(CCc2cc(Br)sc2Br)CCCCC1. The van der Waals surface area contributed by atoms with Crippen LogP contribution in [0.1, 0.15) is 64.4 Å². The third-order valence-corrected chi connectivity index (χ3v) is 7.24. The number of hydrogen-bond acceptors (Lipinski definition) is 2. The molecule has 1 aromatic heterocycles. The van der Waals surface area contributed by atoms with Gasteiger partial charge in [-0.15, -0.1) is 11.3 Å². The Balaban J connectivity index is 1.93. The van der Waals surface area contributed by atoms with E-state index in [1.54, 1.807) is 11.3 Å². The van der Waals surface area contributed by atoms with E-state index in [4.69, 9.17) is 0 Å². The molecule has 0 amide bonds. The van der Waals surface area contributed by atoms with Gasteiger partial charge in [-0.3, -0.25) is 0 Å². The van der Waals surface area contributed by atoms with Gasteiger partial charge in [0.05, 0.1) is 7.57 Å². The van der Waals surface area contributed by atoms with Crippen LogP contribution in [0.15, 0.2) is 13.6 Å². The van der Waals surface area contributed by atoms with E-state index in [1.165, 1.54) is 71.0 Å². The van der Waals surface area contributed by atoms with Crippen LogP contribution in [0.2, 0.25) is 0 Å². The summed E-state index contributed by atoms with van der Waals surface area (Å²) < 4.78 is 2.55. The van der Waals surface area contributed by atoms with Gasteiger partial charge in [-0.05, 0) is 87.6 Å². The summed E-state index contributed by atoms with van der Waals surface area (Å²) in [6.45, 7) is 5.66. The van der Waals surface area contributed by atoms with Gasteiger partial charge < -0.3 is 5.32 Å². The highest BCUT2D eigenvalue weighted by Crippen LogP contribution is 2.44. The highest BCUT2D eigenvalue weighted by Gasteiger charge is 2.31. The zero-order valence-electron chi connectivity index (χ0n) is 13.2. The van der Waals surface area contributed by atoms with E-state index in [2.05, 4.69) is 57.1 Å². The number of thiophene rings is 1. The standard InChI is InChI=1S/C17H27Br2NS/c1-13(2)20-11-10-17(7-4-3-5-8-17)9-6-14-12-15(18)21-16(14)19/h12-13,20H,3-11H2,1-2H3. The fraction of sp³-hybridized carbons (Fsp3) is 0.765. The predicted octanol–water partition coefficient (Wildman–Crippen LogP) is 6.54. The van der Waals surface area contributed by atoms with Crippen molar-refractivity contribution in [2.24, 2.45) is 5.41 Å². The molecular weight excluding hydrogens is 410 g/mol. The first-order valence-electron chi connectivity index (χ1n) is 8.18. The van der Waals surface area contributed by atoms with Crippen LogP contribution in [0.5, 0.6) is 0 Å². The second kappa shape index (κ2) is 8.47. The quantitative estimate of drug-likeness (QED) is 0.511. The maximum atomic E-state index is 3.71. The minimum atomic E-state index is 0.577. The van der Waals surface area contributed by atoms with Gasteiger partial charge >= 0.3 is 0 Å². The van der Waals surface area contributed by atoms with Gasteiger partial charge in [-0.25, -0.2) is 0 Å². The summed E-state index contributed by atoms with van der Waals surface area (Å²) in [5.74, 6) is 0. The first kappa shape index (κ1) is 18.0. The van der Waals surface area contributed by atoms with E-state index >= 15 is 0 Å². The third-order valence-electron chi connectivity index (χ3n) is 4.77. The third kappa shape index (κ3) is 5.63. The van der Waals surface area contributed by atoms with Crippen molar-refractivity contribution in [1.29, 1.82) is 0 Å². The van der Waals surface area contributed by atoms with Crippen molar-refractivity contribution < 1.29 is 0 Å². The van der Waals surface area contributed by atoms with Crippen LogP contribution in [-0.2, 0) is 6.42 Å². The summed E-state index contributed by atoms with van der Waals surface area (Å²) in [5.41, 5.74) is 2.06. The summed E-state index contributed by atoms with van der Waals surface area (Å²) in [6.07, 6.45) is 11.0. The molecule has 0 unspecified atom stereocenters. The Morgan fingerprint density at radius 3 is 2.48 bits per heavy atom. The van der Waals surface area contributed by atoms with E-state index in [9.17, 15) is 0 Å². The molecule has 0 aliphatic heterocycles. The first-order chi connectivity index (χ1) is 10.0. The van der Waals surface area contributed by atoms with Crippen LogP contribution in [0.25, 0.3) is 0 Å². The Bertz CT molecular complexity index is 436. The molecule has 1 aromatic rings. The Morgan fingerprint density at radius 2 is 1.90 bits per heavy atom. The van der Waals surface area contributed by atoms with Crippen molar-refractivity contribution >= 4 is 43.2 Å². The Kier molecular flexibility index (Phi) is 7.24. The minimum absolute atomic E-state index is 0.577. The molecule has 0 radical (unpaired) electrons. The van der Waals surface area contributed by atoms with Crippen LogP contribution < -0.4 is 5.32 Å². The lowest BCUT2D eigenvalue weighted by Gasteiger charge is -2.38. The van der Waals surface area contributed by atoms with Crippen molar-refractivity contribution in [3.8, 4) is 0 Å². The monoisotopic (exact) mass is 435 g/mol. The molecule has 0 bridgehead atoms. The average molecular weight is 437 g/mol. The lowest BCUT2D eigenvalue weighted by atomic mass is 9.68. The molecule has 4 heteroatoms. The van der Waals surface area contributed by atoms with Gasteiger partial charge in [0.15, 0.2) is 0 Å². The molecule has 120 valence electrons. The van der Waals surface area contributed by atoms with Crippen molar-refractivity contribution in [3.05, 3.63) is 19.2 Å². The van der Waals surface area contributed by atoms with E-state index in [0.29, 0.717) is 11.5 Å². The largest absolute Gasteiger partial charge is 0.315 e. The van der Waals surface area contributed by atoms with E-state index < -0.39 is 0 Å². The fourth-order valence-corrected chi connectivity index (χ4v) is 6.41. The van der Waals surface area contributed by atoms with Gasteiger partial charge in [-0.1, -0.05) is 33.1 Å². The molecule has 1 aliphatic carbocycles. The van der Waals surface area contributed by atoms with Crippen LogP contribution >= 0.6 is 43.2 Å². The number of hydrogen-bond donors (Lipinski definition) is 1. The van der Waals surface area contributed by atoms with Gasteiger partial charge in [0, 0.05) is 6.04 Å². The second-order valence-electron chi connectivity index (χ2n) is 6.77. The lowest BCUT2D eigenvalue weighted by Crippen LogP contribution is -2.32. The van der Waals surface area contributed by atoms with Crippen molar-refractivity contribution in [3.63, 3.8) is 0 Å². The maximum Gasteiger partial charge on any atom is 0.0742 e. The number of rotatable bonds is 7. The predicted molar refractivity (Wildman–Crippen MR) is 101 cm³/mol. The molecule has 21 heavy (non-hydrogen) atoms. The molecule has 0 spiro atoms. The van der Waals surface area contributed by atoms with Crippen molar-refractivity contribution in [1.82, 2.24) is 5.32 Å². The summed E-state index contributed by atoms with van der Waals surface area (Å²) >= 11 is 9.10. The van der Waals surface area contributed by atoms with Crippen molar-refractivity contribution in [2.75, 3.05) is 6.54 Å². The van der Waals surface area contributed by atoms with Crippen LogP contribution in [0, 0.1) is 5.41 Å². The normalized spacial score (nSPS) is 18.3. The minimum Gasteiger partial charge on any atom is -0.315 e. The molecule has 1 fully saturated rings. The van der Waals surface area contributed by atoms with Crippen LogP contribution in [0.4, 0.5) is 0 Å². The molecule has 1 nitrogen and oxygen atoms in total. The Labute approximate surface area is 150 Å². The van der Waals surface area contributed by atoms with E-state index in [-0.39, 0.29) is 0 Å². The zero-order chi connectivity index (χ0) is 15.3. The van der Waals surface area contributed by atoms with Crippen LogP contribution in [-0.4, -0.2) is 12.6 Å². The number of nitrogens with one attached hydrogen (secondary N) is 1. The zero-order valence-corrected chi connectivity index (χ0v) is 17.2. The second-order valence-corrected chi connectivity index (χ2v) is 10.5. The molecule has 0 saturated heterocycles. The molecule has 0 aromatic carbocycles. The smallest absolute Gasteiger partial charge is 0.0742 e. The van der Waals surface area contributed by atoms with Gasteiger partial charge in [0.2, 0.25) is 0 Å². The van der Waals surface area contributed by atoms with Crippen molar-refractivity contribution in [2.45, 2.75) is 71.3 Å². The first-order valence-corrected chi connectivity index (χ1v) is 10.6. The van der Waals surface area contributed by atoms with E-state index in [1.807, 2.05) is 0 Å². The molecule has 1 heterocycles. The highest BCUT2D eigenvalue weighted by atomic mass is 79.9. The van der Waals surface area contributed by atoms with Crippen LogP contribution in [0.3, 0.4) is 0 Å². The summed E-state index contributed by atoms with van der Waals surface area (Å²) in [4.78, 5) is 0. The molecule has 1 aliphatic rings. The van der Waals surface area contributed by atoms with Gasteiger partial charge in [0.25, 0.3) is 0 Å². The lowest BCUT2D eigenvalue weighted by molar-refractivity contribution is 0.155. The van der Waals surface area contributed by atoms with Gasteiger partial charge in [-0.2, -0.15) is 0 Å². The summed E-state index contributed by atoms with van der Waals surface area (Å²) in [6, 6.07) is 2.89. The maximum absolute atomic E-state index is 3.71. The average Bonchev–Trinajstić information content (AvgIpc) is 2.76.